The highest BCUT2D eigenvalue weighted by atomic mass is 32.2. The lowest BCUT2D eigenvalue weighted by atomic mass is 10.2. The molecule has 1 N–H and O–H groups in total. The zero-order chi connectivity index (χ0) is 27.6. The highest BCUT2D eigenvalue weighted by Crippen LogP contribution is 2.31. The summed E-state index contributed by atoms with van der Waals surface area (Å²) in [4.78, 5) is 35.8. The summed E-state index contributed by atoms with van der Waals surface area (Å²) in [6.45, 7) is 2.07. The SMILES string of the molecule is COc1ccc(-n2c(SCC(=O)Nc3ccc(-c4nc5ccc(C)cc5s4)cc3)nc3ccccc3c2=O)cc1. The number of rotatable bonds is 7. The Morgan fingerprint density at radius 3 is 2.50 bits per heavy atom. The zero-order valence-electron chi connectivity index (χ0n) is 21.8. The number of fused-ring (bicyclic) bond motifs is 2. The first-order valence-electron chi connectivity index (χ1n) is 12.5. The number of nitrogens with zero attached hydrogens (tertiary/aromatic N) is 3. The molecule has 2 heterocycles. The van der Waals surface area contributed by atoms with Gasteiger partial charge in [0.1, 0.15) is 10.8 Å². The molecule has 4 aromatic carbocycles. The first-order chi connectivity index (χ1) is 19.5. The monoisotopic (exact) mass is 564 g/mol. The summed E-state index contributed by atoms with van der Waals surface area (Å²) >= 11 is 2.86. The van der Waals surface area contributed by atoms with E-state index in [2.05, 4.69) is 24.4 Å². The molecule has 0 radical (unpaired) electrons. The van der Waals surface area contributed by atoms with Crippen molar-refractivity contribution in [1.82, 2.24) is 14.5 Å². The molecule has 0 aliphatic carbocycles. The number of thioether (sulfide) groups is 1. The van der Waals surface area contributed by atoms with Crippen LogP contribution in [-0.4, -0.2) is 33.3 Å². The van der Waals surface area contributed by atoms with E-state index in [1.165, 1.54) is 21.9 Å². The van der Waals surface area contributed by atoms with Crippen LogP contribution in [0.4, 0.5) is 5.69 Å². The van der Waals surface area contributed by atoms with Gasteiger partial charge in [-0.3, -0.25) is 14.2 Å². The fourth-order valence-corrected chi connectivity index (χ4v) is 6.23. The number of aromatic nitrogens is 3. The van der Waals surface area contributed by atoms with Crippen LogP contribution in [-0.2, 0) is 4.79 Å². The number of hydrogen-bond donors (Lipinski definition) is 1. The van der Waals surface area contributed by atoms with Crippen molar-refractivity contribution in [1.29, 1.82) is 0 Å². The standard InChI is InChI=1S/C31H24N4O3S2/c1-19-7-16-26-27(17-19)40-29(33-26)20-8-10-21(11-9-20)32-28(36)18-39-31-34-25-6-4-3-5-24(25)30(37)35(31)22-12-14-23(38-2)15-13-22/h3-17H,18H2,1-2H3,(H,32,36). The molecule has 0 saturated carbocycles. The van der Waals surface area contributed by atoms with E-state index in [4.69, 9.17) is 14.7 Å². The minimum atomic E-state index is -0.197. The molecule has 0 saturated heterocycles. The predicted molar refractivity (Wildman–Crippen MR) is 163 cm³/mol. The summed E-state index contributed by atoms with van der Waals surface area (Å²) in [6.07, 6.45) is 0. The van der Waals surface area contributed by atoms with Gasteiger partial charge in [0.25, 0.3) is 5.56 Å². The number of carbonyl (C=O) groups is 1. The number of benzene rings is 4. The Balaban J connectivity index is 1.20. The Labute approximate surface area is 238 Å². The van der Waals surface area contributed by atoms with Crippen LogP contribution < -0.4 is 15.6 Å². The molecule has 0 bridgehead atoms. The Hall–Kier alpha value is -4.47. The van der Waals surface area contributed by atoms with E-state index in [0.29, 0.717) is 33.2 Å². The van der Waals surface area contributed by atoms with Gasteiger partial charge in [0.05, 0.1) is 39.7 Å². The highest BCUT2D eigenvalue weighted by Gasteiger charge is 2.15. The number of thiazole rings is 1. The van der Waals surface area contributed by atoms with Crippen LogP contribution in [0.5, 0.6) is 5.75 Å². The van der Waals surface area contributed by atoms with Crippen molar-refractivity contribution in [2.45, 2.75) is 12.1 Å². The average Bonchev–Trinajstić information content (AvgIpc) is 3.40. The molecule has 0 aliphatic rings. The lowest BCUT2D eigenvalue weighted by Gasteiger charge is -2.13. The molecule has 9 heteroatoms. The fourth-order valence-electron chi connectivity index (χ4n) is 4.35. The molecule has 7 nitrogen and oxygen atoms in total. The van der Waals surface area contributed by atoms with Crippen molar-refractivity contribution in [3.63, 3.8) is 0 Å². The second kappa shape index (κ2) is 11.0. The van der Waals surface area contributed by atoms with Crippen LogP contribution >= 0.6 is 23.1 Å². The summed E-state index contributed by atoms with van der Waals surface area (Å²) in [7, 11) is 1.59. The van der Waals surface area contributed by atoms with E-state index in [1.54, 1.807) is 54.8 Å². The fraction of sp³-hybridized carbons (Fsp3) is 0.0968. The molecule has 0 atom stereocenters. The normalized spacial score (nSPS) is 11.2. The second-order valence-electron chi connectivity index (χ2n) is 9.15. The van der Waals surface area contributed by atoms with Crippen molar-refractivity contribution in [3.8, 4) is 22.0 Å². The minimum Gasteiger partial charge on any atom is -0.497 e. The number of amides is 1. The van der Waals surface area contributed by atoms with E-state index in [-0.39, 0.29) is 17.2 Å². The molecule has 0 spiro atoms. The van der Waals surface area contributed by atoms with Gasteiger partial charge in [-0.1, -0.05) is 30.0 Å². The average molecular weight is 565 g/mol. The molecular weight excluding hydrogens is 541 g/mol. The maximum atomic E-state index is 13.4. The van der Waals surface area contributed by atoms with Gasteiger partial charge in [0, 0.05) is 11.3 Å². The number of ether oxygens (including phenoxy) is 1. The van der Waals surface area contributed by atoms with Gasteiger partial charge in [0.15, 0.2) is 5.16 Å². The van der Waals surface area contributed by atoms with Gasteiger partial charge in [-0.15, -0.1) is 11.3 Å². The van der Waals surface area contributed by atoms with E-state index >= 15 is 0 Å². The first-order valence-corrected chi connectivity index (χ1v) is 14.4. The van der Waals surface area contributed by atoms with Crippen molar-refractivity contribution in [3.05, 3.63) is 107 Å². The third kappa shape index (κ3) is 5.21. The van der Waals surface area contributed by atoms with Crippen LogP contribution in [0.3, 0.4) is 0 Å². The summed E-state index contributed by atoms with van der Waals surface area (Å²) in [5, 5.41) is 4.83. The lowest BCUT2D eigenvalue weighted by Crippen LogP contribution is -2.23. The van der Waals surface area contributed by atoms with Gasteiger partial charge in [-0.05, 0) is 85.3 Å². The maximum Gasteiger partial charge on any atom is 0.266 e. The summed E-state index contributed by atoms with van der Waals surface area (Å²) in [6, 6.07) is 28.3. The van der Waals surface area contributed by atoms with Crippen LogP contribution in [0.2, 0.25) is 0 Å². The molecule has 6 rings (SSSR count). The molecule has 2 aromatic heterocycles. The van der Waals surface area contributed by atoms with Crippen LogP contribution in [0, 0.1) is 6.92 Å². The third-order valence-electron chi connectivity index (χ3n) is 6.37. The number of nitrogens with one attached hydrogen (secondary N) is 1. The van der Waals surface area contributed by atoms with E-state index < -0.39 is 0 Å². The Kier molecular flexibility index (Phi) is 7.06. The molecule has 0 fully saturated rings. The summed E-state index contributed by atoms with van der Waals surface area (Å²) in [5.41, 5.74) is 4.90. The molecule has 0 unspecified atom stereocenters. The van der Waals surface area contributed by atoms with E-state index in [1.807, 2.05) is 42.5 Å². The number of anilines is 1. The number of para-hydroxylation sites is 1. The van der Waals surface area contributed by atoms with Gasteiger partial charge in [0.2, 0.25) is 5.91 Å². The topological polar surface area (TPSA) is 86.1 Å². The highest BCUT2D eigenvalue weighted by molar-refractivity contribution is 7.99. The molecule has 6 aromatic rings. The Bertz CT molecular complexity index is 1910. The Morgan fingerprint density at radius 1 is 0.950 bits per heavy atom. The smallest absolute Gasteiger partial charge is 0.266 e. The van der Waals surface area contributed by atoms with Crippen LogP contribution in [0.15, 0.2) is 101 Å². The van der Waals surface area contributed by atoms with Gasteiger partial charge >= 0.3 is 0 Å². The van der Waals surface area contributed by atoms with Gasteiger partial charge < -0.3 is 10.1 Å². The summed E-state index contributed by atoms with van der Waals surface area (Å²) < 4.78 is 7.95. The lowest BCUT2D eigenvalue weighted by molar-refractivity contribution is -0.113. The van der Waals surface area contributed by atoms with Crippen molar-refractivity contribution in [2.24, 2.45) is 0 Å². The van der Waals surface area contributed by atoms with Crippen molar-refractivity contribution >= 4 is 55.8 Å². The van der Waals surface area contributed by atoms with E-state index in [0.717, 1.165) is 20.8 Å². The molecule has 198 valence electrons. The molecule has 0 aliphatic heterocycles. The maximum absolute atomic E-state index is 13.4. The number of methoxy groups -OCH3 is 1. The van der Waals surface area contributed by atoms with Crippen molar-refractivity contribution in [2.75, 3.05) is 18.2 Å². The first kappa shape index (κ1) is 25.8. The number of carbonyl (C=O) groups excluding carboxylic acids is 1. The van der Waals surface area contributed by atoms with Gasteiger partial charge in [-0.25, -0.2) is 9.97 Å². The van der Waals surface area contributed by atoms with Crippen LogP contribution in [0.1, 0.15) is 5.56 Å². The largest absolute Gasteiger partial charge is 0.497 e. The van der Waals surface area contributed by atoms with E-state index in [9.17, 15) is 9.59 Å². The quantitative estimate of drug-likeness (QED) is 0.171. The van der Waals surface area contributed by atoms with Gasteiger partial charge in [-0.2, -0.15) is 0 Å². The molecular formula is C31H24N4O3S2. The summed E-state index contributed by atoms with van der Waals surface area (Å²) in [5.74, 6) is 0.570. The predicted octanol–water partition coefficient (Wildman–Crippen LogP) is 6.71. The zero-order valence-corrected chi connectivity index (χ0v) is 23.4. The van der Waals surface area contributed by atoms with Crippen LogP contribution in [0.25, 0.3) is 37.4 Å². The molecule has 40 heavy (non-hydrogen) atoms. The minimum absolute atomic E-state index is 0.0832. The third-order valence-corrected chi connectivity index (χ3v) is 8.37. The molecule has 1 amide bonds. The number of aryl methyl sites for hydroxylation is 1. The van der Waals surface area contributed by atoms with Crippen molar-refractivity contribution < 1.29 is 9.53 Å². The number of hydrogen-bond acceptors (Lipinski definition) is 7. The Morgan fingerprint density at radius 2 is 1.73 bits per heavy atom. The second-order valence-corrected chi connectivity index (χ2v) is 11.1.